The summed E-state index contributed by atoms with van der Waals surface area (Å²) >= 11 is 5.88. The average molecular weight is 466 g/mol. The highest BCUT2D eigenvalue weighted by Gasteiger charge is 2.28. The number of hydrogen-bond donors (Lipinski definition) is 2. The number of ether oxygens (including phenoxy) is 2. The monoisotopic (exact) mass is 465 g/mol. The van der Waals surface area contributed by atoms with Crippen molar-refractivity contribution >= 4 is 34.8 Å². The quantitative estimate of drug-likeness (QED) is 0.544. The standard InChI is InChI=1S/C24H20ClN3O5/c1-13-21-17(27-28-23(29)14-5-7-15(25)8-6-14)3-2-4-19(21)33-22(13)24(30)26-16-9-10-18-20(11-16)32-12-31-18/h5-11H,2-4,12H2,1H3,(H,26,30)(H,28,29)/b27-17+. The molecule has 9 heteroatoms. The average Bonchev–Trinajstić information content (AvgIpc) is 3.42. The van der Waals surface area contributed by atoms with E-state index < -0.39 is 0 Å². The molecule has 1 aromatic heterocycles. The number of furan rings is 1. The summed E-state index contributed by atoms with van der Waals surface area (Å²) in [6.07, 6.45) is 2.16. The van der Waals surface area contributed by atoms with Gasteiger partial charge in [0.1, 0.15) is 5.76 Å². The molecule has 2 heterocycles. The van der Waals surface area contributed by atoms with Crippen molar-refractivity contribution < 1.29 is 23.5 Å². The molecular formula is C24H20ClN3O5. The van der Waals surface area contributed by atoms with Crippen LogP contribution in [0, 0.1) is 6.92 Å². The third-order valence-corrected chi connectivity index (χ3v) is 5.81. The Bertz CT molecular complexity index is 1280. The molecule has 33 heavy (non-hydrogen) atoms. The maximum atomic E-state index is 12.9. The van der Waals surface area contributed by atoms with Crippen LogP contribution < -0.4 is 20.2 Å². The number of aryl methyl sites for hydroxylation is 1. The van der Waals surface area contributed by atoms with Crippen LogP contribution in [0.2, 0.25) is 5.02 Å². The molecule has 0 radical (unpaired) electrons. The molecule has 0 saturated heterocycles. The molecule has 2 amide bonds. The number of carbonyl (C=O) groups is 2. The molecule has 0 atom stereocenters. The summed E-state index contributed by atoms with van der Waals surface area (Å²) in [4.78, 5) is 25.4. The summed E-state index contributed by atoms with van der Waals surface area (Å²) in [5.74, 6) is 1.41. The van der Waals surface area contributed by atoms with Crippen LogP contribution in [0.4, 0.5) is 5.69 Å². The van der Waals surface area contributed by atoms with E-state index in [1.807, 2.05) is 6.92 Å². The van der Waals surface area contributed by atoms with Crippen LogP contribution in [0.3, 0.4) is 0 Å². The normalized spacial score (nSPS) is 15.3. The summed E-state index contributed by atoms with van der Waals surface area (Å²) in [6.45, 7) is 1.98. The van der Waals surface area contributed by atoms with Gasteiger partial charge < -0.3 is 19.2 Å². The maximum absolute atomic E-state index is 12.9. The second kappa shape index (κ2) is 8.63. The Morgan fingerprint density at radius 3 is 2.61 bits per heavy atom. The molecule has 2 aliphatic rings. The molecule has 8 nitrogen and oxygen atoms in total. The zero-order chi connectivity index (χ0) is 22.9. The van der Waals surface area contributed by atoms with Gasteiger partial charge >= 0.3 is 0 Å². The van der Waals surface area contributed by atoms with E-state index in [0.29, 0.717) is 57.6 Å². The zero-order valence-corrected chi connectivity index (χ0v) is 18.5. The van der Waals surface area contributed by atoms with Crippen LogP contribution in [0.5, 0.6) is 11.5 Å². The van der Waals surface area contributed by atoms with Gasteiger partial charge in [0.25, 0.3) is 11.8 Å². The summed E-state index contributed by atoms with van der Waals surface area (Å²) < 4.78 is 16.6. The Balaban J connectivity index is 1.36. The fourth-order valence-corrected chi connectivity index (χ4v) is 4.07. The van der Waals surface area contributed by atoms with Gasteiger partial charge in [-0.15, -0.1) is 0 Å². The van der Waals surface area contributed by atoms with Gasteiger partial charge in [-0.05, 0) is 56.2 Å². The van der Waals surface area contributed by atoms with Gasteiger partial charge in [0.15, 0.2) is 17.3 Å². The minimum absolute atomic E-state index is 0.160. The number of halogens is 1. The van der Waals surface area contributed by atoms with Crippen molar-refractivity contribution in [3.8, 4) is 11.5 Å². The van der Waals surface area contributed by atoms with Gasteiger partial charge in [0, 0.05) is 39.9 Å². The van der Waals surface area contributed by atoms with Crippen LogP contribution >= 0.6 is 11.6 Å². The number of nitrogens with one attached hydrogen (secondary N) is 2. The molecule has 0 bridgehead atoms. The van der Waals surface area contributed by atoms with E-state index in [1.165, 1.54) is 0 Å². The first-order chi connectivity index (χ1) is 16.0. The second-order valence-electron chi connectivity index (χ2n) is 7.74. The third-order valence-electron chi connectivity index (χ3n) is 5.56. The lowest BCUT2D eigenvalue weighted by molar-refractivity contribution is 0.0953. The summed E-state index contributed by atoms with van der Waals surface area (Å²) in [5.41, 5.74) is 5.76. The predicted molar refractivity (Wildman–Crippen MR) is 122 cm³/mol. The van der Waals surface area contributed by atoms with E-state index in [9.17, 15) is 9.59 Å². The number of amides is 2. The fourth-order valence-electron chi connectivity index (χ4n) is 3.94. The SMILES string of the molecule is Cc1c(C(=O)Nc2ccc3c(c2)OCO3)oc2c1/C(=N/NC(=O)c1ccc(Cl)cc1)CCC2. The minimum Gasteiger partial charge on any atom is -0.455 e. The second-order valence-corrected chi connectivity index (χ2v) is 8.17. The van der Waals surface area contributed by atoms with Crippen LogP contribution in [0.1, 0.15) is 50.6 Å². The molecule has 1 aliphatic carbocycles. The van der Waals surface area contributed by atoms with Crippen molar-refractivity contribution in [2.24, 2.45) is 5.10 Å². The number of carbonyl (C=O) groups excluding carboxylic acids is 2. The number of hydrogen-bond acceptors (Lipinski definition) is 6. The molecule has 0 fully saturated rings. The van der Waals surface area contributed by atoms with E-state index >= 15 is 0 Å². The van der Waals surface area contributed by atoms with Crippen LogP contribution in [0.15, 0.2) is 52.0 Å². The first-order valence-electron chi connectivity index (χ1n) is 10.5. The molecule has 2 aromatic carbocycles. The van der Waals surface area contributed by atoms with Crippen LogP contribution in [0.25, 0.3) is 0 Å². The summed E-state index contributed by atoms with van der Waals surface area (Å²) in [7, 11) is 0. The smallest absolute Gasteiger partial charge is 0.291 e. The summed E-state index contributed by atoms with van der Waals surface area (Å²) in [5, 5.41) is 7.73. The van der Waals surface area contributed by atoms with E-state index in [4.69, 9.17) is 25.5 Å². The number of anilines is 1. The Morgan fingerprint density at radius 1 is 1.00 bits per heavy atom. The lowest BCUT2D eigenvalue weighted by Crippen LogP contribution is -2.22. The third kappa shape index (κ3) is 4.17. The van der Waals surface area contributed by atoms with Gasteiger partial charge in [-0.25, -0.2) is 5.43 Å². The van der Waals surface area contributed by atoms with Crippen molar-refractivity contribution in [2.45, 2.75) is 26.2 Å². The molecule has 5 rings (SSSR count). The van der Waals surface area contributed by atoms with Crippen molar-refractivity contribution in [2.75, 3.05) is 12.1 Å². The first kappa shape index (κ1) is 21.1. The molecule has 0 spiro atoms. The number of fused-ring (bicyclic) bond motifs is 2. The van der Waals surface area contributed by atoms with Crippen LogP contribution in [-0.4, -0.2) is 24.3 Å². The Labute approximate surface area is 194 Å². The van der Waals surface area contributed by atoms with E-state index in [2.05, 4.69) is 15.8 Å². The largest absolute Gasteiger partial charge is 0.455 e. The van der Waals surface area contributed by atoms with E-state index in [1.54, 1.807) is 42.5 Å². The van der Waals surface area contributed by atoms with Gasteiger partial charge in [-0.1, -0.05) is 11.6 Å². The molecule has 0 unspecified atom stereocenters. The van der Waals surface area contributed by atoms with Crippen molar-refractivity contribution in [1.82, 2.24) is 5.43 Å². The molecular weight excluding hydrogens is 446 g/mol. The van der Waals surface area contributed by atoms with Gasteiger partial charge in [-0.3, -0.25) is 9.59 Å². The summed E-state index contributed by atoms with van der Waals surface area (Å²) in [6, 6.07) is 11.7. The maximum Gasteiger partial charge on any atom is 0.291 e. The predicted octanol–water partition coefficient (Wildman–Crippen LogP) is 4.69. The molecule has 2 N–H and O–H groups in total. The number of hydrazone groups is 1. The van der Waals surface area contributed by atoms with Crippen molar-refractivity contribution in [3.63, 3.8) is 0 Å². The van der Waals surface area contributed by atoms with Crippen LogP contribution in [-0.2, 0) is 6.42 Å². The highest BCUT2D eigenvalue weighted by Crippen LogP contribution is 2.35. The highest BCUT2D eigenvalue weighted by atomic mass is 35.5. The Morgan fingerprint density at radius 2 is 1.79 bits per heavy atom. The topological polar surface area (TPSA) is 102 Å². The Kier molecular flexibility index (Phi) is 5.51. The van der Waals surface area contributed by atoms with Gasteiger partial charge in [-0.2, -0.15) is 5.10 Å². The van der Waals surface area contributed by atoms with E-state index in [0.717, 1.165) is 12.0 Å². The molecule has 1 aliphatic heterocycles. The number of benzene rings is 2. The molecule has 0 saturated carbocycles. The van der Waals surface area contributed by atoms with Gasteiger partial charge in [0.2, 0.25) is 6.79 Å². The first-order valence-corrected chi connectivity index (χ1v) is 10.8. The fraction of sp³-hybridized carbons (Fsp3) is 0.208. The number of nitrogens with zero attached hydrogens (tertiary/aromatic N) is 1. The molecule has 168 valence electrons. The molecule has 3 aromatic rings. The highest BCUT2D eigenvalue weighted by molar-refractivity contribution is 6.30. The number of rotatable bonds is 4. The lowest BCUT2D eigenvalue weighted by atomic mass is 9.93. The lowest BCUT2D eigenvalue weighted by Gasteiger charge is -2.13. The van der Waals surface area contributed by atoms with Gasteiger partial charge in [0.05, 0.1) is 5.71 Å². The van der Waals surface area contributed by atoms with Crippen molar-refractivity contribution in [3.05, 3.63) is 75.7 Å². The Hall–Kier alpha value is -3.78. The minimum atomic E-state index is -0.370. The van der Waals surface area contributed by atoms with E-state index in [-0.39, 0.29) is 24.4 Å². The zero-order valence-electron chi connectivity index (χ0n) is 17.7. The van der Waals surface area contributed by atoms with Crippen molar-refractivity contribution in [1.29, 1.82) is 0 Å².